The lowest BCUT2D eigenvalue weighted by molar-refractivity contribution is 0.302. The molecule has 2 nitrogen and oxygen atoms in total. The van der Waals surface area contributed by atoms with Crippen LogP contribution in [-0.4, -0.2) is 0 Å². The van der Waals surface area contributed by atoms with Crippen LogP contribution in [0.5, 0.6) is 5.75 Å². The normalized spacial score (nSPS) is 10.9. The highest BCUT2D eigenvalue weighted by Gasteiger charge is 2.12. The Hall–Kier alpha value is -2.30. The maximum absolute atomic E-state index is 6.35. The van der Waals surface area contributed by atoms with Crippen molar-refractivity contribution in [2.24, 2.45) is 0 Å². The number of nitrogens with one attached hydrogen (secondary N) is 1. The molecular weight excluding hydrogens is 502 g/mol. The first kappa shape index (κ1) is 21.0. The van der Waals surface area contributed by atoms with E-state index < -0.39 is 0 Å². The molecule has 0 aliphatic carbocycles. The second-order valence-corrected chi connectivity index (χ2v) is 8.94. The summed E-state index contributed by atoms with van der Waals surface area (Å²) >= 11 is 7.31. The van der Waals surface area contributed by atoms with Gasteiger partial charge in [-0.05, 0) is 62.4 Å². The Morgan fingerprint density at radius 1 is 0.800 bits per heavy atom. The number of fused-ring (bicyclic) bond motifs is 1. The van der Waals surface area contributed by atoms with E-state index in [9.17, 15) is 0 Å². The molecule has 0 unspecified atom stereocenters. The molecule has 0 amide bonds. The van der Waals surface area contributed by atoms with Crippen LogP contribution in [0, 0.1) is 0 Å². The Morgan fingerprint density at radius 3 is 2.40 bits per heavy atom. The summed E-state index contributed by atoms with van der Waals surface area (Å²) in [6, 6.07) is 27.4. The van der Waals surface area contributed by atoms with Gasteiger partial charge in [0.25, 0.3) is 0 Å². The molecule has 0 aliphatic heterocycles. The zero-order valence-corrected chi connectivity index (χ0v) is 20.0. The van der Waals surface area contributed by atoms with Crippen molar-refractivity contribution >= 4 is 48.3 Å². The molecular formula is C26H23Br2NO. The van der Waals surface area contributed by atoms with Crippen molar-refractivity contribution < 1.29 is 4.74 Å². The van der Waals surface area contributed by atoms with Crippen LogP contribution in [-0.2, 0) is 19.6 Å². The quantitative estimate of drug-likeness (QED) is 0.263. The van der Waals surface area contributed by atoms with E-state index >= 15 is 0 Å². The molecule has 0 saturated carbocycles. The number of para-hydroxylation sites is 1. The van der Waals surface area contributed by atoms with Crippen LogP contribution in [0.1, 0.15) is 23.6 Å². The number of halogens is 2. The van der Waals surface area contributed by atoms with Crippen molar-refractivity contribution in [2.45, 2.75) is 26.5 Å². The van der Waals surface area contributed by atoms with Crippen LogP contribution in [0.2, 0.25) is 0 Å². The number of anilines is 1. The predicted molar refractivity (Wildman–Crippen MR) is 133 cm³/mol. The maximum Gasteiger partial charge on any atom is 0.139 e. The molecule has 4 heteroatoms. The van der Waals surface area contributed by atoms with E-state index in [1.165, 1.54) is 21.9 Å². The smallest absolute Gasteiger partial charge is 0.139 e. The standard InChI is InChI=1S/C26H23Br2NO/c1-2-18-8-4-6-13-25(18)29-16-21-14-22(27)15-24(28)26(21)30-17-20-11-7-10-19-9-3-5-12-23(19)20/h3-15,29H,2,16-17H2,1H3. The minimum absolute atomic E-state index is 0.514. The zero-order chi connectivity index (χ0) is 20.9. The van der Waals surface area contributed by atoms with Crippen molar-refractivity contribution in [1.82, 2.24) is 0 Å². The van der Waals surface area contributed by atoms with Crippen molar-refractivity contribution in [3.8, 4) is 5.75 Å². The fraction of sp³-hybridized carbons (Fsp3) is 0.154. The molecule has 0 atom stereocenters. The highest BCUT2D eigenvalue weighted by molar-refractivity contribution is 9.11. The second-order valence-electron chi connectivity index (χ2n) is 7.17. The third-order valence-electron chi connectivity index (χ3n) is 5.20. The molecule has 1 N–H and O–H groups in total. The van der Waals surface area contributed by atoms with Gasteiger partial charge in [0.15, 0.2) is 0 Å². The van der Waals surface area contributed by atoms with E-state index in [0.29, 0.717) is 13.2 Å². The molecule has 0 fully saturated rings. The lowest BCUT2D eigenvalue weighted by Gasteiger charge is -2.17. The average Bonchev–Trinajstić information content (AvgIpc) is 2.77. The van der Waals surface area contributed by atoms with Crippen molar-refractivity contribution in [3.63, 3.8) is 0 Å². The summed E-state index contributed by atoms with van der Waals surface area (Å²) < 4.78 is 8.32. The molecule has 0 aromatic heterocycles. The van der Waals surface area contributed by atoms with Crippen LogP contribution in [0.4, 0.5) is 5.69 Å². The number of rotatable bonds is 7. The maximum atomic E-state index is 6.35. The van der Waals surface area contributed by atoms with E-state index in [0.717, 1.165) is 32.4 Å². The van der Waals surface area contributed by atoms with Gasteiger partial charge >= 0.3 is 0 Å². The van der Waals surface area contributed by atoms with E-state index in [-0.39, 0.29) is 0 Å². The summed E-state index contributed by atoms with van der Waals surface area (Å²) in [6.07, 6.45) is 0.996. The van der Waals surface area contributed by atoms with Crippen LogP contribution >= 0.6 is 31.9 Å². The second kappa shape index (κ2) is 9.67. The van der Waals surface area contributed by atoms with E-state index in [2.05, 4.69) is 117 Å². The number of aryl methyl sites for hydroxylation is 1. The van der Waals surface area contributed by atoms with Crippen LogP contribution in [0.3, 0.4) is 0 Å². The van der Waals surface area contributed by atoms with Gasteiger partial charge in [0, 0.05) is 22.3 Å². The molecule has 0 bridgehead atoms. The number of hydrogen-bond donors (Lipinski definition) is 1. The topological polar surface area (TPSA) is 21.3 Å². The fourth-order valence-corrected chi connectivity index (χ4v) is 5.09. The highest BCUT2D eigenvalue weighted by atomic mass is 79.9. The van der Waals surface area contributed by atoms with Gasteiger partial charge < -0.3 is 10.1 Å². The average molecular weight is 525 g/mol. The first-order valence-corrected chi connectivity index (χ1v) is 11.6. The Labute approximate surface area is 194 Å². The Balaban J connectivity index is 1.58. The first-order valence-electron chi connectivity index (χ1n) is 10.0. The molecule has 0 spiro atoms. The zero-order valence-electron chi connectivity index (χ0n) is 16.8. The van der Waals surface area contributed by atoms with Crippen molar-refractivity contribution in [1.29, 1.82) is 0 Å². The summed E-state index contributed by atoms with van der Waals surface area (Å²) in [7, 11) is 0. The van der Waals surface area contributed by atoms with Gasteiger partial charge in [-0.25, -0.2) is 0 Å². The van der Waals surface area contributed by atoms with Gasteiger partial charge in [0.1, 0.15) is 12.4 Å². The molecule has 152 valence electrons. The Bertz CT molecular complexity index is 1170. The molecule has 4 aromatic rings. The van der Waals surface area contributed by atoms with Crippen LogP contribution in [0.25, 0.3) is 10.8 Å². The summed E-state index contributed by atoms with van der Waals surface area (Å²) in [5.41, 5.74) is 4.75. The van der Waals surface area contributed by atoms with Gasteiger partial charge in [0.05, 0.1) is 4.47 Å². The largest absolute Gasteiger partial charge is 0.487 e. The summed E-state index contributed by atoms with van der Waals surface area (Å²) in [4.78, 5) is 0. The van der Waals surface area contributed by atoms with Crippen molar-refractivity contribution in [3.05, 3.63) is 104 Å². The van der Waals surface area contributed by atoms with Crippen molar-refractivity contribution in [2.75, 3.05) is 5.32 Å². The number of ether oxygens (including phenoxy) is 1. The van der Waals surface area contributed by atoms with E-state index in [1.807, 2.05) is 6.07 Å². The summed E-state index contributed by atoms with van der Waals surface area (Å²) in [5.74, 6) is 0.868. The fourth-order valence-electron chi connectivity index (χ4n) is 3.67. The molecule has 4 aromatic carbocycles. The molecule has 30 heavy (non-hydrogen) atoms. The van der Waals surface area contributed by atoms with Gasteiger partial charge in [0.2, 0.25) is 0 Å². The minimum atomic E-state index is 0.514. The third kappa shape index (κ3) is 4.71. The number of hydrogen-bond acceptors (Lipinski definition) is 2. The molecule has 0 aliphatic rings. The molecule has 4 rings (SSSR count). The summed E-state index contributed by atoms with van der Waals surface area (Å²) in [5, 5.41) is 6.04. The molecule has 0 radical (unpaired) electrons. The summed E-state index contributed by atoms with van der Waals surface area (Å²) in [6.45, 7) is 3.37. The molecule has 0 heterocycles. The van der Waals surface area contributed by atoms with Gasteiger partial charge in [-0.3, -0.25) is 0 Å². The third-order valence-corrected chi connectivity index (χ3v) is 6.25. The van der Waals surface area contributed by atoms with Gasteiger partial charge in [-0.15, -0.1) is 0 Å². The Morgan fingerprint density at radius 2 is 1.53 bits per heavy atom. The van der Waals surface area contributed by atoms with E-state index in [1.54, 1.807) is 0 Å². The lowest BCUT2D eigenvalue weighted by atomic mass is 10.1. The highest BCUT2D eigenvalue weighted by Crippen LogP contribution is 2.35. The predicted octanol–water partition coefficient (Wildman–Crippen LogP) is 8.12. The monoisotopic (exact) mass is 523 g/mol. The van der Waals surface area contributed by atoms with Gasteiger partial charge in [-0.2, -0.15) is 0 Å². The van der Waals surface area contributed by atoms with Crippen LogP contribution < -0.4 is 10.1 Å². The number of benzene rings is 4. The van der Waals surface area contributed by atoms with Crippen LogP contribution in [0.15, 0.2) is 87.8 Å². The minimum Gasteiger partial charge on any atom is -0.487 e. The molecule has 0 saturated heterocycles. The van der Waals surface area contributed by atoms with Gasteiger partial charge in [-0.1, -0.05) is 83.5 Å². The Kier molecular flexibility index (Phi) is 6.76. The SMILES string of the molecule is CCc1ccccc1NCc1cc(Br)cc(Br)c1OCc1cccc2ccccc12. The lowest BCUT2D eigenvalue weighted by Crippen LogP contribution is -2.06. The first-order chi connectivity index (χ1) is 14.7. The van der Waals surface area contributed by atoms with E-state index in [4.69, 9.17) is 4.74 Å².